The van der Waals surface area contributed by atoms with E-state index in [1.807, 2.05) is 32.0 Å². The lowest BCUT2D eigenvalue weighted by atomic mass is 9.88. The Bertz CT molecular complexity index is 479. The molecule has 4 heteroatoms. The van der Waals surface area contributed by atoms with Crippen molar-refractivity contribution in [1.82, 2.24) is 0 Å². The molecule has 0 heterocycles. The van der Waals surface area contributed by atoms with Crippen molar-refractivity contribution in [2.45, 2.75) is 27.2 Å². The van der Waals surface area contributed by atoms with E-state index in [9.17, 15) is 4.79 Å². The summed E-state index contributed by atoms with van der Waals surface area (Å²) in [4.78, 5) is 11.9. The number of nitriles is 1. The van der Waals surface area contributed by atoms with E-state index in [0.717, 1.165) is 10.0 Å². The second-order valence-electron chi connectivity index (χ2n) is 4.22. The number of carbonyl (C=O) groups excluding carboxylic acids is 1. The van der Waals surface area contributed by atoms with E-state index >= 15 is 0 Å². The molecule has 0 radical (unpaired) electrons. The molecule has 1 atom stereocenters. The number of hydrogen-bond acceptors (Lipinski definition) is 2. The van der Waals surface area contributed by atoms with Crippen LogP contribution >= 0.6 is 15.9 Å². The summed E-state index contributed by atoms with van der Waals surface area (Å²) in [7, 11) is 0. The standard InChI is InChI=1S/C13H15BrN2O/c1-4-13(3,8-15)12(17)16-10-5-6-11(14)9(2)7-10/h5-7H,4H2,1-3H3,(H,16,17). The average molecular weight is 295 g/mol. The number of hydrogen-bond donors (Lipinski definition) is 1. The van der Waals surface area contributed by atoms with Crippen molar-refractivity contribution in [1.29, 1.82) is 5.26 Å². The van der Waals surface area contributed by atoms with E-state index < -0.39 is 5.41 Å². The van der Waals surface area contributed by atoms with Crippen LogP contribution in [0, 0.1) is 23.7 Å². The summed E-state index contributed by atoms with van der Waals surface area (Å²) in [6.07, 6.45) is 0.491. The molecule has 1 aromatic carbocycles. The van der Waals surface area contributed by atoms with Crippen molar-refractivity contribution in [3.05, 3.63) is 28.2 Å². The van der Waals surface area contributed by atoms with Crippen LogP contribution in [0.3, 0.4) is 0 Å². The van der Waals surface area contributed by atoms with Crippen molar-refractivity contribution in [3.8, 4) is 6.07 Å². The monoisotopic (exact) mass is 294 g/mol. The Morgan fingerprint density at radius 2 is 2.24 bits per heavy atom. The van der Waals surface area contributed by atoms with Crippen molar-refractivity contribution in [2.24, 2.45) is 5.41 Å². The molecule has 1 amide bonds. The topological polar surface area (TPSA) is 52.9 Å². The van der Waals surface area contributed by atoms with Gasteiger partial charge in [0, 0.05) is 10.2 Å². The lowest BCUT2D eigenvalue weighted by Gasteiger charge is -2.18. The predicted molar refractivity (Wildman–Crippen MR) is 71.5 cm³/mol. The first kappa shape index (κ1) is 13.7. The Hall–Kier alpha value is -1.34. The molecule has 0 saturated heterocycles. The van der Waals surface area contributed by atoms with E-state index in [1.165, 1.54) is 0 Å². The Labute approximate surface area is 110 Å². The minimum atomic E-state index is -0.971. The van der Waals surface area contributed by atoms with E-state index in [4.69, 9.17) is 5.26 Å². The van der Waals surface area contributed by atoms with Crippen LogP contribution in [0.1, 0.15) is 25.8 Å². The molecule has 0 bridgehead atoms. The number of benzene rings is 1. The minimum Gasteiger partial charge on any atom is -0.325 e. The summed E-state index contributed by atoms with van der Waals surface area (Å²) in [5, 5.41) is 11.8. The van der Waals surface area contributed by atoms with Crippen LogP contribution in [-0.4, -0.2) is 5.91 Å². The van der Waals surface area contributed by atoms with Gasteiger partial charge in [0.25, 0.3) is 0 Å². The maximum atomic E-state index is 11.9. The third-order valence-corrected chi connectivity index (χ3v) is 3.76. The van der Waals surface area contributed by atoms with Gasteiger partial charge in [-0.15, -0.1) is 0 Å². The minimum absolute atomic E-state index is 0.260. The molecular weight excluding hydrogens is 280 g/mol. The zero-order valence-electron chi connectivity index (χ0n) is 10.2. The number of halogens is 1. The summed E-state index contributed by atoms with van der Waals surface area (Å²) >= 11 is 3.40. The number of rotatable bonds is 3. The Morgan fingerprint density at radius 3 is 2.71 bits per heavy atom. The second kappa shape index (κ2) is 5.33. The van der Waals surface area contributed by atoms with E-state index in [2.05, 4.69) is 27.3 Å². The van der Waals surface area contributed by atoms with Crippen molar-refractivity contribution in [2.75, 3.05) is 5.32 Å². The quantitative estimate of drug-likeness (QED) is 0.925. The maximum Gasteiger partial charge on any atom is 0.244 e. The van der Waals surface area contributed by atoms with Crippen LogP contribution in [-0.2, 0) is 4.79 Å². The highest BCUT2D eigenvalue weighted by Crippen LogP contribution is 2.24. The van der Waals surface area contributed by atoms with E-state index in [-0.39, 0.29) is 5.91 Å². The summed E-state index contributed by atoms with van der Waals surface area (Å²) in [5.74, 6) is -0.260. The van der Waals surface area contributed by atoms with Gasteiger partial charge in [-0.2, -0.15) is 5.26 Å². The van der Waals surface area contributed by atoms with Crippen LogP contribution in [0.5, 0.6) is 0 Å². The zero-order chi connectivity index (χ0) is 13.1. The number of aryl methyl sites for hydroxylation is 1. The highest BCUT2D eigenvalue weighted by Gasteiger charge is 2.31. The fourth-order valence-corrected chi connectivity index (χ4v) is 1.53. The van der Waals surface area contributed by atoms with Gasteiger partial charge in [0.2, 0.25) is 5.91 Å². The molecule has 17 heavy (non-hydrogen) atoms. The van der Waals surface area contributed by atoms with Gasteiger partial charge >= 0.3 is 0 Å². The Morgan fingerprint density at radius 1 is 1.59 bits per heavy atom. The molecule has 3 nitrogen and oxygen atoms in total. The molecule has 1 aromatic rings. The fraction of sp³-hybridized carbons (Fsp3) is 0.385. The number of anilines is 1. The third-order valence-electron chi connectivity index (χ3n) is 2.87. The molecule has 0 fully saturated rings. The van der Waals surface area contributed by atoms with Crippen molar-refractivity contribution < 1.29 is 4.79 Å². The largest absolute Gasteiger partial charge is 0.325 e. The van der Waals surface area contributed by atoms with Gasteiger partial charge < -0.3 is 5.32 Å². The SMILES string of the molecule is CCC(C)(C#N)C(=O)Nc1ccc(Br)c(C)c1. The first-order valence-corrected chi connectivity index (χ1v) is 6.21. The summed E-state index contributed by atoms with van der Waals surface area (Å²) in [6, 6.07) is 7.61. The normalized spacial score (nSPS) is 13.6. The van der Waals surface area contributed by atoms with Gasteiger partial charge in [0.05, 0.1) is 6.07 Å². The Kier molecular flexibility index (Phi) is 4.30. The second-order valence-corrected chi connectivity index (χ2v) is 5.07. The van der Waals surface area contributed by atoms with E-state index in [0.29, 0.717) is 12.1 Å². The number of nitrogens with zero attached hydrogens (tertiary/aromatic N) is 1. The molecule has 1 N–H and O–H groups in total. The van der Waals surface area contributed by atoms with Gasteiger partial charge in [-0.25, -0.2) is 0 Å². The maximum absolute atomic E-state index is 11.9. The molecule has 0 aromatic heterocycles. The summed E-state index contributed by atoms with van der Waals surface area (Å²) in [6.45, 7) is 5.42. The highest BCUT2D eigenvalue weighted by molar-refractivity contribution is 9.10. The molecule has 0 saturated carbocycles. The molecule has 90 valence electrons. The van der Waals surface area contributed by atoms with Crippen LogP contribution in [0.2, 0.25) is 0 Å². The predicted octanol–water partition coefficient (Wildman–Crippen LogP) is 3.64. The zero-order valence-corrected chi connectivity index (χ0v) is 11.8. The van der Waals surface area contributed by atoms with Crippen LogP contribution in [0.25, 0.3) is 0 Å². The molecule has 0 aliphatic heterocycles. The molecule has 0 aliphatic rings. The molecule has 0 aliphatic carbocycles. The smallest absolute Gasteiger partial charge is 0.244 e. The van der Waals surface area contributed by atoms with Crippen LogP contribution in [0.4, 0.5) is 5.69 Å². The molecule has 0 spiro atoms. The average Bonchev–Trinajstić information content (AvgIpc) is 2.32. The fourth-order valence-electron chi connectivity index (χ4n) is 1.28. The van der Waals surface area contributed by atoms with Gasteiger partial charge in [-0.3, -0.25) is 4.79 Å². The van der Waals surface area contributed by atoms with Gasteiger partial charge in [0.1, 0.15) is 5.41 Å². The number of carbonyl (C=O) groups is 1. The summed E-state index contributed by atoms with van der Waals surface area (Å²) < 4.78 is 0.994. The van der Waals surface area contributed by atoms with Gasteiger partial charge in [-0.05, 0) is 44.0 Å². The lowest BCUT2D eigenvalue weighted by Crippen LogP contribution is -2.31. The Balaban J connectivity index is 2.89. The van der Waals surface area contributed by atoms with Gasteiger partial charge in [0.15, 0.2) is 0 Å². The lowest BCUT2D eigenvalue weighted by molar-refractivity contribution is -0.122. The van der Waals surface area contributed by atoms with Crippen LogP contribution in [0.15, 0.2) is 22.7 Å². The van der Waals surface area contributed by atoms with Crippen molar-refractivity contribution in [3.63, 3.8) is 0 Å². The van der Waals surface area contributed by atoms with Gasteiger partial charge in [-0.1, -0.05) is 22.9 Å². The number of amides is 1. The summed E-state index contributed by atoms with van der Waals surface area (Å²) in [5.41, 5.74) is 0.782. The van der Waals surface area contributed by atoms with Crippen molar-refractivity contribution >= 4 is 27.5 Å². The highest BCUT2D eigenvalue weighted by atomic mass is 79.9. The first-order valence-electron chi connectivity index (χ1n) is 5.42. The third kappa shape index (κ3) is 3.07. The molecule has 1 rings (SSSR count). The van der Waals surface area contributed by atoms with Crippen LogP contribution < -0.4 is 5.32 Å². The molecule has 1 unspecified atom stereocenters. The first-order chi connectivity index (χ1) is 7.92. The number of nitrogens with one attached hydrogen (secondary N) is 1. The van der Waals surface area contributed by atoms with E-state index in [1.54, 1.807) is 6.92 Å². The molecular formula is C13H15BrN2O.